The van der Waals surface area contributed by atoms with Crippen molar-refractivity contribution in [2.75, 3.05) is 78.1 Å². The molecule has 0 aromatic heterocycles. The lowest BCUT2D eigenvalue weighted by molar-refractivity contribution is 0.256. The summed E-state index contributed by atoms with van der Waals surface area (Å²) in [5.41, 5.74) is 2.97. The normalized spacial score (nSPS) is 13.3. The summed E-state index contributed by atoms with van der Waals surface area (Å²) in [6.45, 7) is 1.39. The molecule has 0 aliphatic heterocycles. The number of rotatable bonds is 25. The van der Waals surface area contributed by atoms with Crippen LogP contribution in [-0.4, -0.2) is 146 Å². The van der Waals surface area contributed by atoms with Crippen LogP contribution in [0, 0.1) is 27.7 Å². The van der Waals surface area contributed by atoms with Crippen molar-refractivity contribution in [1.29, 1.82) is 0 Å². The average Bonchev–Trinajstić information content (AvgIpc) is 3.19. The Morgan fingerprint density at radius 1 is 0.312 bits per heavy atom. The Balaban J connectivity index is 1.77. The average molecular weight is 1010 g/mol. The lowest BCUT2D eigenvalue weighted by Gasteiger charge is -2.30. The third-order valence-electron chi connectivity index (χ3n) is 9.71. The van der Waals surface area contributed by atoms with E-state index >= 15 is 0 Å². The summed E-state index contributed by atoms with van der Waals surface area (Å²) in [6, 6.07) is 23.2. The first-order valence-electron chi connectivity index (χ1n) is 19.6. The molecular formula is C40H54N4O14S6. The zero-order valence-corrected chi connectivity index (χ0v) is 41.2. The van der Waals surface area contributed by atoms with Gasteiger partial charge in [-0.2, -0.15) is 34.1 Å². The summed E-state index contributed by atoms with van der Waals surface area (Å²) in [7, 11) is -25.8. The van der Waals surface area contributed by atoms with Crippen LogP contribution >= 0.6 is 0 Å². The number of nitrogens with zero attached hydrogens (tertiary/aromatic N) is 4. The standard InChI is InChI=1S/C40H54N4O14S6/c1-33-7-15-37(16-8-33)61(49,50)41(25-27-43(29-31-57-59(5,45)46)63(53,54)39-19-11-35(3)12-20-39)23-24-42(62(51,52)38-17-9-34(2)10-18-38)26-28-44(30-32-58-60(6,47)48)64(55,56)40-21-13-36(4)14-22-40/h7-22H,23-32H2,1-6H3. The Hall–Kier alpha value is -3.66. The molecule has 4 rings (SSSR count). The first-order chi connectivity index (χ1) is 29.6. The molecular weight excluding hydrogens is 953 g/mol. The molecule has 0 atom stereocenters. The van der Waals surface area contributed by atoms with Crippen molar-refractivity contribution in [2.24, 2.45) is 0 Å². The van der Waals surface area contributed by atoms with Crippen LogP contribution in [0.15, 0.2) is 117 Å². The highest BCUT2D eigenvalue weighted by Crippen LogP contribution is 2.23. The third-order valence-corrected chi connectivity index (χ3v) is 18.5. The van der Waals surface area contributed by atoms with E-state index in [0.29, 0.717) is 0 Å². The SMILES string of the molecule is Cc1ccc(S(=O)(=O)N(CCOS(C)(=O)=O)CCN(CCN(CCN(CCOS(C)(=O)=O)S(=O)(=O)c2ccc(C)cc2)S(=O)(=O)c2ccc(C)cc2)S(=O)(=O)c2ccc(C)cc2)cc1. The van der Waals surface area contributed by atoms with E-state index in [1.165, 1.54) is 48.5 Å². The van der Waals surface area contributed by atoms with Gasteiger partial charge in [0.15, 0.2) is 0 Å². The van der Waals surface area contributed by atoms with E-state index in [1.54, 1.807) is 76.2 Å². The van der Waals surface area contributed by atoms with Crippen molar-refractivity contribution in [2.45, 2.75) is 47.3 Å². The molecule has 24 heteroatoms. The summed E-state index contributed by atoms with van der Waals surface area (Å²) in [4.78, 5) is -0.707. The number of sulfonamides is 4. The van der Waals surface area contributed by atoms with Crippen molar-refractivity contribution >= 4 is 60.3 Å². The summed E-state index contributed by atoms with van der Waals surface area (Å²) in [6.07, 6.45) is 1.58. The minimum absolute atomic E-state index is 0.159. The lowest BCUT2D eigenvalue weighted by Crippen LogP contribution is -2.47. The van der Waals surface area contributed by atoms with E-state index in [2.05, 4.69) is 0 Å². The molecule has 0 spiro atoms. The highest BCUT2D eigenvalue weighted by atomic mass is 32.2. The molecule has 4 aromatic rings. The Bertz CT molecular complexity index is 2680. The predicted octanol–water partition coefficient (Wildman–Crippen LogP) is 2.94. The molecule has 64 heavy (non-hydrogen) atoms. The lowest BCUT2D eigenvalue weighted by atomic mass is 10.2. The molecule has 0 unspecified atom stereocenters. The Labute approximate surface area is 378 Å². The van der Waals surface area contributed by atoms with Gasteiger partial charge in [0.2, 0.25) is 40.1 Å². The van der Waals surface area contributed by atoms with Crippen molar-refractivity contribution in [1.82, 2.24) is 17.2 Å². The van der Waals surface area contributed by atoms with E-state index in [1.807, 2.05) is 0 Å². The minimum Gasteiger partial charge on any atom is -0.269 e. The molecule has 0 saturated carbocycles. The van der Waals surface area contributed by atoms with E-state index < -0.39 is 126 Å². The molecule has 0 radical (unpaired) electrons. The molecule has 0 fully saturated rings. The highest BCUT2D eigenvalue weighted by Gasteiger charge is 2.33. The second-order valence-corrected chi connectivity index (χ2v) is 26.0. The molecule has 0 amide bonds. The fourth-order valence-electron chi connectivity index (χ4n) is 6.10. The number of hydrogen-bond donors (Lipinski definition) is 0. The van der Waals surface area contributed by atoms with Crippen molar-refractivity contribution in [3.8, 4) is 0 Å². The van der Waals surface area contributed by atoms with Crippen molar-refractivity contribution < 1.29 is 58.9 Å². The number of hydrogen-bond acceptors (Lipinski definition) is 14. The van der Waals surface area contributed by atoms with Crippen LogP contribution < -0.4 is 0 Å². The Morgan fingerprint density at radius 3 is 0.656 bits per heavy atom. The first kappa shape index (κ1) is 53.0. The van der Waals surface area contributed by atoms with Crippen LogP contribution in [0.4, 0.5) is 0 Å². The number of aryl methyl sites for hydroxylation is 4. The van der Waals surface area contributed by atoms with Gasteiger partial charge in [0.25, 0.3) is 20.2 Å². The maximum atomic E-state index is 14.4. The molecule has 0 saturated heterocycles. The fourth-order valence-corrected chi connectivity index (χ4v) is 12.5. The van der Waals surface area contributed by atoms with E-state index in [0.717, 1.165) is 52.0 Å². The minimum atomic E-state index is -4.52. The van der Waals surface area contributed by atoms with Gasteiger partial charge < -0.3 is 0 Å². The van der Waals surface area contributed by atoms with Crippen LogP contribution in [0.2, 0.25) is 0 Å². The van der Waals surface area contributed by atoms with E-state index in [4.69, 9.17) is 8.37 Å². The quantitative estimate of drug-likeness (QED) is 0.0869. The highest BCUT2D eigenvalue weighted by molar-refractivity contribution is 7.90. The second-order valence-electron chi connectivity index (χ2n) is 14.9. The van der Waals surface area contributed by atoms with Gasteiger partial charge in [0, 0.05) is 52.4 Å². The monoisotopic (exact) mass is 1010 g/mol. The van der Waals surface area contributed by atoms with E-state index in [9.17, 15) is 50.5 Å². The molecule has 0 aliphatic carbocycles. The van der Waals surface area contributed by atoms with Gasteiger partial charge in [-0.25, -0.2) is 33.7 Å². The molecule has 0 heterocycles. The van der Waals surface area contributed by atoms with Gasteiger partial charge >= 0.3 is 0 Å². The van der Waals surface area contributed by atoms with Crippen LogP contribution in [0.3, 0.4) is 0 Å². The summed E-state index contributed by atoms with van der Waals surface area (Å²) < 4.78 is 174. The van der Waals surface area contributed by atoms with Crippen LogP contribution in [0.1, 0.15) is 22.3 Å². The molecule has 0 bridgehead atoms. The molecule has 0 N–H and O–H groups in total. The van der Waals surface area contributed by atoms with Crippen LogP contribution in [-0.2, 0) is 68.7 Å². The predicted molar refractivity (Wildman–Crippen MR) is 241 cm³/mol. The maximum absolute atomic E-state index is 14.4. The van der Waals surface area contributed by atoms with Crippen molar-refractivity contribution in [3.63, 3.8) is 0 Å². The van der Waals surface area contributed by atoms with Crippen LogP contribution in [0.25, 0.3) is 0 Å². The molecule has 354 valence electrons. The van der Waals surface area contributed by atoms with Gasteiger partial charge in [-0.3, -0.25) is 8.37 Å². The van der Waals surface area contributed by atoms with Crippen molar-refractivity contribution in [3.05, 3.63) is 119 Å². The summed E-state index contributed by atoms with van der Waals surface area (Å²) >= 11 is 0. The second kappa shape index (κ2) is 21.8. The zero-order chi connectivity index (χ0) is 47.7. The largest absolute Gasteiger partial charge is 0.269 e. The smallest absolute Gasteiger partial charge is 0.264 e. The van der Waals surface area contributed by atoms with Gasteiger partial charge in [-0.05, 0) is 76.2 Å². The summed E-state index contributed by atoms with van der Waals surface area (Å²) in [5, 5.41) is 0. The maximum Gasteiger partial charge on any atom is 0.264 e. The topological polar surface area (TPSA) is 236 Å². The molecule has 0 aliphatic rings. The number of benzene rings is 4. The van der Waals surface area contributed by atoms with Gasteiger partial charge in [0.1, 0.15) is 0 Å². The fraction of sp³-hybridized carbons (Fsp3) is 0.400. The molecule has 4 aromatic carbocycles. The van der Waals surface area contributed by atoms with Gasteiger partial charge in [0.05, 0.1) is 45.3 Å². The Kier molecular flexibility index (Phi) is 18.0. The third kappa shape index (κ3) is 14.9. The van der Waals surface area contributed by atoms with E-state index in [-0.39, 0.29) is 19.6 Å². The van der Waals surface area contributed by atoms with Crippen LogP contribution in [0.5, 0.6) is 0 Å². The zero-order valence-electron chi connectivity index (χ0n) is 36.3. The first-order valence-corrected chi connectivity index (χ1v) is 29.0. The van der Waals surface area contributed by atoms with Gasteiger partial charge in [-0.15, -0.1) is 0 Å². The molecule has 18 nitrogen and oxygen atoms in total. The summed E-state index contributed by atoms with van der Waals surface area (Å²) in [5.74, 6) is 0. The van der Waals surface area contributed by atoms with Gasteiger partial charge in [-0.1, -0.05) is 70.8 Å². The Morgan fingerprint density at radius 2 is 0.484 bits per heavy atom.